The van der Waals surface area contributed by atoms with Crippen LogP contribution in [0, 0.1) is 0 Å². The third-order valence-electron chi connectivity index (χ3n) is 1.14. The summed E-state index contributed by atoms with van der Waals surface area (Å²) >= 11 is 8.71. The summed E-state index contributed by atoms with van der Waals surface area (Å²) in [5, 5.41) is 8.60. The molecule has 6 heteroatoms. The van der Waals surface area contributed by atoms with Gasteiger partial charge >= 0.3 is 5.97 Å². The Morgan fingerprint density at radius 1 is 1.77 bits per heavy atom. The molecule has 13 heavy (non-hydrogen) atoms. The maximum absolute atomic E-state index is 10.2. The minimum absolute atomic E-state index is 0.253. The molecule has 0 atom stereocenters. The third kappa shape index (κ3) is 3.20. The number of hydrogen-bond acceptors (Lipinski definition) is 3. The maximum atomic E-state index is 10.2. The number of aliphatic carboxylic acids is 1. The Balaban J connectivity index is 2.75. The van der Waals surface area contributed by atoms with Gasteiger partial charge in [-0.2, -0.15) is 0 Å². The highest BCUT2D eigenvalue weighted by Gasteiger charge is 2.04. The van der Waals surface area contributed by atoms with E-state index in [9.17, 15) is 4.79 Å². The highest BCUT2D eigenvalue weighted by atomic mass is 79.9. The maximum Gasteiger partial charge on any atom is 0.341 e. The summed E-state index contributed by atoms with van der Waals surface area (Å²) in [7, 11) is 0. The van der Waals surface area contributed by atoms with Gasteiger partial charge in [-0.1, -0.05) is 11.6 Å². The summed E-state index contributed by atoms with van der Waals surface area (Å²) in [5.74, 6) is -0.678. The highest BCUT2D eigenvalue weighted by Crippen LogP contribution is 2.25. The van der Waals surface area contributed by atoms with Crippen LogP contribution >= 0.6 is 27.5 Å². The standard InChI is InChI=1S/C7H5BrClNO3/c8-4-2-10-6(9)1-5(4)13-3-7(11)12/h1-2H,3H2,(H,11,12). The quantitative estimate of drug-likeness (QED) is 0.850. The van der Waals surface area contributed by atoms with Gasteiger partial charge in [0, 0.05) is 12.3 Å². The molecular weight excluding hydrogens is 261 g/mol. The van der Waals surface area contributed by atoms with Crippen molar-refractivity contribution in [2.24, 2.45) is 0 Å². The number of carboxylic acid groups (broad SMARTS) is 1. The third-order valence-corrected chi connectivity index (χ3v) is 1.94. The first kappa shape index (κ1) is 10.3. The van der Waals surface area contributed by atoms with Gasteiger partial charge in [0.25, 0.3) is 0 Å². The van der Waals surface area contributed by atoms with Crippen LogP contribution in [0.25, 0.3) is 0 Å². The summed E-state index contributed by atoms with van der Waals surface area (Å²) < 4.78 is 5.48. The fourth-order valence-corrected chi connectivity index (χ4v) is 1.13. The van der Waals surface area contributed by atoms with E-state index >= 15 is 0 Å². The van der Waals surface area contributed by atoms with Crippen molar-refractivity contribution >= 4 is 33.5 Å². The Morgan fingerprint density at radius 2 is 2.46 bits per heavy atom. The molecule has 0 saturated heterocycles. The van der Waals surface area contributed by atoms with Crippen molar-refractivity contribution in [3.05, 3.63) is 21.9 Å². The molecular formula is C7H5BrClNO3. The van der Waals surface area contributed by atoms with Crippen molar-refractivity contribution in [3.63, 3.8) is 0 Å². The summed E-state index contributed by atoms with van der Waals surface area (Å²) in [5.41, 5.74) is 0. The second kappa shape index (κ2) is 4.43. The van der Waals surface area contributed by atoms with Gasteiger partial charge in [0.15, 0.2) is 6.61 Å². The monoisotopic (exact) mass is 265 g/mol. The molecule has 1 heterocycles. The van der Waals surface area contributed by atoms with Crippen LogP contribution in [0.2, 0.25) is 5.15 Å². The van der Waals surface area contributed by atoms with Crippen molar-refractivity contribution in [1.29, 1.82) is 0 Å². The molecule has 1 N–H and O–H groups in total. The largest absolute Gasteiger partial charge is 0.481 e. The van der Waals surface area contributed by atoms with E-state index in [0.717, 1.165) is 0 Å². The molecule has 0 spiro atoms. The normalized spacial score (nSPS) is 9.69. The predicted octanol–water partition coefficient (Wildman–Crippen LogP) is 1.96. The van der Waals surface area contributed by atoms with Gasteiger partial charge in [-0.3, -0.25) is 0 Å². The topological polar surface area (TPSA) is 59.4 Å². The molecule has 0 radical (unpaired) electrons. The van der Waals surface area contributed by atoms with Crippen LogP contribution in [0.4, 0.5) is 0 Å². The first-order valence-electron chi connectivity index (χ1n) is 3.25. The lowest BCUT2D eigenvalue weighted by atomic mass is 10.4. The van der Waals surface area contributed by atoms with Gasteiger partial charge in [0.2, 0.25) is 0 Å². The molecule has 0 amide bonds. The number of nitrogens with zero attached hydrogens (tertiary/aromatic N) is 1. The SMILES string of the molecule is O=C(O)COc1cc(Cl)ncc1Br. The van der Waals surface area contributed by atoms with Crippen molar-refractivity contribution in [1.82, 2.24) is 4.98 Å². The van der Waals surface area contributed by atoms with Crippen LogP contribution in [0.1, 0.15) is 0 Å². The number of carbonyl (C=O) groups is 1. The van der Waals surface area contributed by atoms with Crippen molar-refractivity contribution in [2.45, 2.75) is 0 Å². The van der Waals surface area contributed by atoms with Crippen molar-refractivity contribution < 1.29 is 14.6 Å². The Bertz CT molecular complexity index is 332. The molecule has 0 bridgehead atoms. The van der Waals surface area contributed by atoms with E-state index in [-0.39, 0.29) is 5.15 Å². The molecule has 4 nitrogen and oxygen atoms in total. The Labute approximate surface area is 87.6 Å². The van der Waals surface area contributed by atoms with Crippen LogP contribution in [-0.2, 0) is 4.79 Å². The molecule has 1 aromatic heterocycles. The van der Waals surface area contributed by atoms with E-state index in [1.807, 2.05) is 0 Å². The molecule has 0 fully saturated rings. The second-order valence-electron chi connectivity index (χ2n) is 2.12. The smallest absolute Gasteiger partial charge is 0.341 e. The average molecular weight is 266 g/mol. The average Bonchev–Trinajstić information content (AvgIpc) is 2.06. The molecule has 0 saturated carbocycles. The van der Waals surface area contributed by atoms with E-state index in [4.69, 9.17) is 21.4 Å². The van der Waals surface area contributed by atoms with Crippen LogP contribution in [0.15, 0.2) is 16.7 Å². The number of aromatic nitrogens is 1. The first-order valence-corrected chi connectivity index (χ1v) is 4.42. The summed E-state index contributed by atoms with van der Waals surface area (Å²) in [6.07, 6.45) is 1.44. The molecule has 0 aliphatic rings. The lowest BCUT2D eigenvalue weighted by Gasteiger charge is -2.04. The van der Waals surface area contributed by atoms with Crippen LogP contribution in [-0.4, -0.2) is 22.7 Å². The zero-order chi connectivity index (χ0) is 9.84. The van der Waals surface area contributed by atoms with Crippen molar-refractivity contribution in [2.75, 3.05) is 6.61 Å². The molecule has 0 aromatic carbocycles. The Morgan fingerprint density at radius 3 is 3.08 bits per heavy atom. The molecule has 1 aromatic rings. The summed E-state index contributed by atoms with van der Waals surface area (Å²) in [4.78, 5) is 13.9. The summed E-state index contributed by atoms with van der Waals surface area (Å²) in [6, 6.07) is 1.44. The Hall–Kier alpha value is -0.810. The first-order chi connectivity index (χ1) is 6.09. The molecule has 0 unspecified atom stereocenters. The van der Waals surface area contributed by atoms with Crippen molar-refractivity contribution in [3.8, 4) is 5.75 Å². The molecule has 0 aliphatic heterocycles. The number of ether oxygens (including phenoxy) is 1. The minimum Gasteiger partial charge on any atom is -0.481 e. The number of carboxylic acids is 1. The summed E-state index contributed by atoms with van der Waals surface area (Å²) in [6.45, 7) is -0.404. The van der Waals surface area contributed by atoms with Crippen LogP contribution < -0.4 is 4.74 Å². The van der Waals surface area contributed by atoms with Crippen LogP contribution in [0.3, 0.4) is 0 Å². The molecule has 0 aliphatic carbocycles. The van der Waals surface area contributed by atoms with E-state index in [0.29, 0.717) is 10.2 Å². The van der Waals surface area contributed by atoms with E-state index in [1.165, 1.54) is 12.3 Å². The van der Waals surface area contributed by atoms with Gasteiger partial charge in [-0.15, -0.1) is 0 Å². The molecule has 70 valence electrons. The van der Waals surface area contributed by atoms with E-state index in [1.54, 1.807) is 0 Å². The van der Waals surface area contributed by atoms with Gasteiger partial charge < -0.3 is 9.84 Å². The fourth-order valence-electron chi connectivity index (χ4n) is 0.646. The fraction of sp³-hybridized carbons (Fsp3) is 0.143. The van der Waals surface area contributed by atoms with E-state index in [2.05, 4.69) is 20.9 Å². The predicted molar refractivity (Wildman–Crippen MR) is 50.1 cm³/mol. The number of hydrogen-bond donors (Lipinski definition) is 1. The number of rotatable bonds is 3. The van der Waals surface area contributed by atoms with Gasteiger partial charge in [0.05, 0.1) is 4.47 Å². The zero-order valence-corrected chi connectivity index (χ0v) is 8.67. The zero-order valence-electron chi connectivity index (χ0n) is 6.33. The second-order valence-corrected chi connectivity index (χ2v) is 3.36. The van der Waals surface area contributed by atoms with Gasteiger partial charge in [-0.25, -0.2) is 9.78 Å². The number of pyridine rings is 1. The van der Waals surface area contributed by atoms with Gasteiger partial charge in [-0.05, 0) is 15.9 Å². The minimum atomic E-state index is -1.04. The lowest BCUT2D eigenvalue weighted by molar-refractivity contribution is -0.139. The lowest BCUT2D eigenvalue weighted by Crippen LogP contribution is -2.09. The number of halogens is 2. The molecule has 1 rings (SSSR count). The van der Waals surface area contributed by atoms with Gasteiger partial charge in [0.1, 0.15) is 10.9 Å². The highest BCUT2D eigenvalue weighted by molar-refractivity contribution is 9.10. The Kier molecular flexibility index (Phi) is 3.50. The van der Waals surface area contributed by atoms with E-state index < -0.39 is 12.6 Å². The van der Waals surface area contributed by atoms with Crippen LogP contribution in [0.5, 0.6) is 5.75 Å².